The molecule has 0 fully saturated rings. The van der Waals surface area contributed by atoms with Gasteiger partial charge in [-0.15, -0.1) is 0 Å². The topological polar surface area (TPSA) is 513 Å². The highest BCUT2D eigenvalue weighted by Crippen LogP contribution is 2.12. The molecule has 0 rings (SSSR count). The van der Waals surface area contributed by atoms with Gasteiger partial charge in [0.2, 0.25) is 53.2 Å². The van der Waals surface area contributed by atoms with Gasteiger partial charge >= 0.3 is 11.9 Å². The molecule has 0 saturated carbocycles. The van der Waals surface area contributed by atoms with Crippen LogP contribution in [0.3, 0.4) is 0 Å². The first kappa shape index (κ1) is 66.3. The van der Waals surface area contributed by atoms with E-state index in [1.165, 1.54) is 0 Å². The molecule has 0 aliphatic rings. The second-order valence-electron chi connectivity index (χ2n) is 18.2. The van der Waals surface area contributed by atoms with Gasteiger partial charge in [0.25, 0.3) is 0 Å². The van der Waals surface area contributed by atoms with Gasteiger partial charge in [-0.25, -0.2) is 0 Å². The number of amides is 9. The molecule has 23 N–H and O–H groups in total. The Morgan fingerprint density at radius 1 is 0.507 bits per heavy atom. The van der Waals surface area contributed by atoms with E-state index in [0.29, 0.717) is 25.7 Å². The van der Waals surface area contributed by atoms with Gasteiger partial charge in [-0.3, -0.25) is 57.7 Å². The first-order chi connectivity index (χ1) is 34.1. The molecule has 0 aromatic heterocycles. The van der Waals surface area contributed by atoms with E-state index in [1.807, 2.05) is 0 Å². The van der Waals surface area contributed by atoms with Gasteiger partial charge in [0.05, 0.1) is 18.6 Å². The number of nitrogens with two attached hydrogens (primary N) is 6. The number of carbonyl (C=O) groups is 11. The van der Waals surface area contributed by atoms with Crippen LogP contribution in [0.5, 0.6) is 0 Å². The SMILES string of the molecule is CC(C)C[C@H](NC(=O)[C@@H](N)CC(=O)O)C(=O)N[C@@H](CCCCN)C(=O)N[C@H](C(=O)N[C@@H](CCCN=C(N)N)C(=O)N[C@H](C(=O)N[C@@H](CCC(N)=O)C(=O)N[C@@H](CCCCN)C(=O)NCC(=O)O)[C@@H](C)O)C(C)C. The fraction of sp³-hybridized carbons (Fsp3) is 0.727. The van der Waals surface area contributed by atoms with Crippen LogP contribution in [0.15, 0.2) is 4.99 Å². The van der Waals surface area contributed by atoms with Crippen molar-refractivity contribution in [1.82, 2.24) is 42.5 Å². The number of nitrogens with zero attached hydrogens (tertiary/aromatic N) is 1. The third-order valence-corrected chi connectivity index (χ3v) is 10.8. The molecule has 0 spiro atoms. The van der Waals surface area contributed by atoms with Crippen LogP contribution in [0.25, 0.3) is 0 Å². The Hall–Kier alpha value is -6.72. The molecule has 0 aliphatic carbocycles. The predicted molar refractivity (Wildman–Crippen MR) is 265 cm³/mol. The van der Waals surface area contributed by atoms with E-state index in [2.05, 4.69) is 47.5 Å². The van der Waals surface area contributed by atoms with Gasteiger partial charge in [0.15, 0.2) is 5.96 Å². The van der Waals surface area contributed by atoms with E-state index in [1.54, 1.807) is 27.7 Å². The summed E-state index contributed by atoms with van der Waals surface area (Å²) in [7, 11) is 0. The van der Waals surface area contributed by atoms with E-state index >= 15 is 0 Å². The first-order valence-electron chi connectivity index (χ1n) is 24.2. The van der Waals surface area contributed by atoms with Crippen molar-refractivity contribution >= 4 is 71.1 Å². The van der Waals surface area contributed by atoms with Gasteiger partial charge in [0.1, 0.15) is 48.8 Å². The Morgan fingerprint density at radius 2 is 0.932 bits per heavy atom. The zero-order valence-corrected chi connectivity index (χ0v) is 42.4. The van der Waals surface area contributed by atoms with Crippen LogP contribution in [0.2, 0.25) is 0 Å². The highest BCUT2D eigenvalue weighted by Gasteiger charge is 2.36. The van der Waals surface area contributed by atoms with Crippen molar-refractivity contribution in [2.24, 2.45) is 51.2 Å². The smallest absolute Gasteiger partial charge is 0.322 e. The molecule has 0 unspecified atom stereocenters. The maximum atomic E-state index is 14.1. The molecule has 29 heteroatoms. The second-order valence-corrected chi connectivity index (χ2v) is 18.2. The first-order valence-corrected chi connectivity index (χ1v) is 24.2. The molecular formula is C44H81N15O14. The highest BCUT2D eigenvalue weighted by molar-refractivity contribution is 5.98. The van der Waals surface area contributed by atoms with Crippen molar-refractivity contribution in [1.29, 1.82) is 0 Å². The van der Waals surface area contributed by atoms with Crippen molar-refractivity contribution in [3.05, 3.63) is 0 Å². The zero-order valence-electron chi connectivity index (χ0n) is 42.4. The Labute approximate surface area is 424 Å². The maximum absolute atomic E-state index is 14.1. The monoisotopic (exact) mass is 1040 g/mol. The molecule has 0 aromatic rings. The van der Waals surface area contributed by atoms with Crippen LogP contribution in [0.1, 0.15) is 112 Å². The molecule has 416 valence electrons. The molecule has 0 heterocycles. The number of primary amides is 1. The van der Waals surface area contributed by atoms with E-state index in [-0.39, 0.29) is 63.6 Å². The number of rotatable bonds is 38. The van der Waals surface area contributed by atoms with E-state index in [4.69, 9.17) is 44.6 Å². The number of carboxylic acids is 2. The number of aliphatic imine (C=N–C) groups is 1. The summed E-state index contributed by atoms with van der Waals surface area (Å²) in [5.41, 5.74) is 33.2. The van der Waals surface area contributed by atoms with Crippen molar-refractivity contribution in [2.75, 3.05) is 26.2 Å². The average Bonchev–Trinajstić information content (AvgIpc) is 3.29. The van der Waals surface area contributed by atoms with Gasteiger partial charge < -0.3 is 92.3 Å². The van der Waals surface area contributed by atoms with Crippen molar-refractivity contribution < 1.29 is 68.1 Å². The largest absolute Gasteiger partial charge is 0.481 e. The number of unbranched alkanes of at least 4 members (excludes halogenated alkanes) is 2. The average molecular weight is 1040 g/mol. The fourth-order valence-corrected chi connectivity index (χ4v) is 6.91. The third kappa shape index (κ3) is 28.2. The number of hydrogen-bond donors (Lipinski definition) is 17. The summed E-state index contributed by atoms with van der Waals surface area (Å²) >= 11 is 0. The molecule has 0 aliphatic heterocycles. The Balaban J connectivity index is 6.75. The van der Waals surface area contributed by atoms with Crippen LogP contribution in [0, 0.1) is 11.8 Å². The standard InChI is InChI=1S/C44H81N15O14/c1-22(2)19-30(57-36(66)25(47)20-32(62)63)41(71)54-27(12-7-9-17-46)39(69)58-34(23(3)4)42(72)55-28(13-10-18-51-44(49)50)40(70)59-35(24(5)60)43(73)56-29(14-15-31(48)61)38(68)53-26(11-6-8-16-45)37(67)52-21-33(64)65/h22-30,34-35,60H,6-21,45-47H2,1-5H3,(H2,48,61)(H,52,67)(H,53,68)(H,54,71)(H,55,72)(H,56,73)(H,57,66)(H,58,69)(H,59,70)(H,62,63)(H,64,65)(H4,49,50,51)/t24-,25+,26+,27+,28+,29+,30+,34+,35+/m1/s1. The van der Waals surface area contributed by atoms with Gasteiger partial charge in [-0.05, 0) is 96.1 Å². The van der Waals surface area contributed by atoms with Gasteiger partial charge in [-0.2, -0.15) is 0 Å². The number of aliphatic carboxylic acids is 2. The Bertz CT molecular complexity index is 1880. The summed E-state index contributed by atoms with van der Waals surface area (Å²) < 4.78 is 0. The summed E-state index contributed by atoms with van der Waals surface area (Å²) in [5, 5.41) is 48.5. The number of aliphatic hydroxyl groups is 1. The molecule has 0 saturated heterocycles. The zero-order chi connectivity index (χ0) is 56.0. The number of nitrogens with one attached hydrogen (secondary N) is 8. The second kappa shape index (κ2) is 35.4. The van der Waals surface area contributed by atoms with Crippen LogP contribution in [-0.2, 0) is 52.7 Å². The fourth-order valence-electron chi connectivity index (χ4n) is 6.91. The lowest BCUT2D eigenvalue weighted by Gasteiger charge is -2.30. The van der Waals surface area contributed by atoms with Gasteiger partial charge in [0, 0.05) is 13.0 Å². The maximum Gasteiger partial charge on any atom is 0.322 e. The number of carboxylic acid groups (broad SMARTS) is 2. The van der Waals surface area contributed by atoms with Crippen LogP contribution in [0.4, 0.5) is 0 Å². The molecule has 29 nitrogen and oxygen atoms in total. The minimum Gasteiger partial charge on any atom is -0.481 e. The Morgan fingerprint density at radius 3 is 1.37 bits per heavy atom. The lowest BCUT2D eigenvalue weighted by atomic mass is 9.99. The van der Waals surface area contributed by atoms with Gasteiger partial charge in [-0.1, -0.05) is 27.7 Å². The van der Waals surface area contributed by atoms with Crippen LogP contribution < -0.4 is 76.9 Å². The van der Waals surface area contributed by atoms with Crippen molar-refractivity contribution in [3.8, 4) is 0 Å². The normalized spacial score (nSPS) is 14.8. The minimum absolute atomic E-state index is 0.00925. The highest BCUT2D eigenvalue weighted by atomic mass is 16.4. The summed E-state index contributed by atoms with van der Waals surface area (Å²) in [6.45, 7) is 7.53. The van der Waals surface area contributed by atoms with E-state index in [9.17, 15) is 57.8 Å². The van der Waals surface area contributed by atoms with Crippen molar-refractivity contribution in [3.63, 3.8) is 0 Å². The summed E-state index contributed by atoms with van der Waals surface area (Å²) in [5.74, 6) is -12.1. The number of carbonyl (C=O) groups excluding carboxylic acids is 9. The quantitative estimate of drug-likeness (QED) is 0.0155. The minimum atomic E-state index is -1.83. The number of aliphatic hydroxyl groups excluding tert-OH is 1. The van der Waals surface area contributed by atoms with Crippen molar-refractivity contribution in [2.45, 2.75) is 166 Å². The predicted octanol–water partition coefficient (Wildman–Crippen LogP) is -5.96. The molecule has 9 amide bonds. The third-order valence-electron chi connectivity index (χ3n) is 10.8. The molecule has 0 radical (unpaired) electrons. The molecule has 73 heavy (non-hydrogen) atoms. The van der Waals surface area contributed by atoms with Crippen LogP contribution >= 0.6 is 0 Å². The molecule has 0 bridgehead atoms. The number of guanidine groups is 1. The summed E-state index contributed by atoms with van der Waals surface area (Å²) in [6, 6.07) is -11.6. The Kier molecular flexibility index (Phi) is 32.1. The molecule has 9 atom stereocenters. The summed E-state index contributed by atoms with van der Waals surface area (Å²) in [6.07, 6.45) is -1.70. The van der Waals surface area contributed by atoms with Crippen LogP contribution in [-0.4, -0.2) is 167 Å². The lowest BCUT2D eigenvalue weighted by molar-refractivity contribution is -0.140. The lowest BCUT2D eigenvalue weighted by Crippen LogP contribution is -2.62. The molecule has 0 aromatic carbocycles. The van der Waals surface area contributed by atoms with E-state index < -0.39 is 151 Å². The number of hydrogen-bond acceptors (Lipinski definition) is 16. The summed E-state index contributed by atoms with van der Waals surface area (Å²) in [4.78, 5) is 147. The molecular weight excluding hydrogens is 963 g/mol. The van der Waals surface area contributed by atoms with E-state index in [0.717, 1.165) is 6.92 Å².